The number of nitrogens with one attached hydrogen (secondary N) is 1. The fraction of sp³-hybridized carbons (Fsp3) is 0.500. The summed E-state index contributed by atoms with van der Waals surface area (Å²) in [6.07, 6.45) is -0.0600. The molecule has 6 heteroatoms. The molecule has 0 bridgehead atoms. The molecule has 0 aromatic heterocycles. The van der Waals surface area contributed by atoms with Gasteiger partial charge in [0.25, 0.3) is 5.91 Å². The molecule has 1 saturated heterocycles. The number of phenolic OH excluding ortho intramolecular Hbond substituents is 1. The van der Waals surface area contributed by atoms with Crippen molar-refractivity contribution < 1.29 is 19.0 Å². The second kappa shape index (κ2) is 6.67. The van der Waals surface area contributed by atoms with E-state index in [1.54, 1.807) is 0 Å². The van der Waals surface area contributed by atoms with Crippen molar-refractivity contribution in [3.8, 4) is 5.75 Å². The zero-order valence-corrected chi connectivity index (χ0v) is 11.4. The second-order valence-corrected chi connectivity index (χ2v) is 4.76. The molecular weight excluding hydrogens is 263 g/mol. The van der Waals surface area contributed by atoms with Gasteiger partial charge >= 0.3 is 0 Å². The first-order chi connectivity index (χ1) is 9.60. The number of ether oxygens (including phenoxy) is 1. The van der Waals surface area contributed by atoms with Crippen LogP contribution in [0, 0.1) is 5.82 Å². The Morgan fingerprint density at radius 2 is 2.40 bits per heavy atom. The van der Waals surface area contributed by atoms with E-state index >= 15 is 0 Å². The maximum atomic E-state index is 12.9. The number of halogens is 1. The van der Waals surface area contributed by atoms with Gasteiger partial charge < -0.3 is 15.2 Å². The Hall–Kier alpha value is -1.66. The monoisotopic (exact) mass is 282 g/mol. The number of carbonyl (C=O) groups excluding carboxylic acids is 1. The van der Waals surface area contributed by atoms with Crippen LogP contribution < -0.4 is 5.32 Å². The van der Waals surface area contributed by atoms with Crippen molar-refractivity contribution in [3.63, 3.8) is 0 Å². The summed E-state index contributed by atoms with van der Waals surface area (Å²) in [6, 6.07) is 3.33. The van der Waals surface area contributed by atoms with Crippen LogP contribution in [0.1, 0.15) is 17.3 Å². The Morgan fingerprint density at radius 1 is 1.60 bits per heavy atom. The molecule has 1 aliphatic heterocycles. The van der Waals surface area contributed by atoms with Crippen molar-refractivity contribution in [2.45, 2.75) is 13.0 Å². The molecule has 20 heavy (non-hydrogen) atoms. The minimum absolute atomic E-state index is 0.0600. The third-order valence-corrected chi connectivity index (χ3v) is 3.36. The van der Waals surface area contributed by atoms with E-state index in [-0.39, 0.29) is 17.4 Å². The summed E-state index contributed by atoms with van der Waals surface area (Å²) in [5, 5.41) is 12.2. The van der Waals surface area contributed by atoms with Gasteiger partial charge in [0.1, 0.15) is 11.6 Å². The van der Waals surface area contributed by atoms with Gasteiger partial charge in [-0.2, -0.15) is 0 Å². The van der Waals surface area contributed by atoms with E-state index in [0.29, 0.717) is 13.2 Å². The molecule has 0 spiro atoms. The van der Waals surface area contributed by atoms with E-state index < -0.39 is 11.7 Å². The van der Waals surface area contributed by atoms with Gasteiger partial charge in [-0.15, -0.1) is 0 Å². The molecule has 0 saturated carbocycles. The van der Waals surface area contributed by atoms with Crippen molar-refractivity contribution in [1.29, 1.82) is 0 Å². The third kappa shape index (κ3) is 3.68. The highest BCUT2D eigenvalue weighted by Crippen LogP contribution is 2.17. The zero-order chi connectivity index (χ0) is 14.5. The van der Waals surface area contributed by atoms with Crippen LogP contribution in [0.4, 0.5) is 4.39 Å². The van der Waals surface area contributed by atoms with Gasteiger partial charge in [0.05, 0.1) is 18.3 Å². The minimum Gasteiger partial charge on any atom is -0.507 e. The largest absolute Gasteiger partial charge is 0.507 e. The molecule has 1 unspecified atom stereocenters. The van der Waals surface area contributed by atoms with Crippen molar-refractivity contribution in [2.75, 3.05) is 32.8 Å². The van der Waals surface area contributed by atoms with Gasteiger partial charge in [-0.1, -0.05) is 6.92 Å². The smallest absolute Gasteiger partial charge is 0.255 e. The number of morpholine rings is 1. The number of hydrogen-bond donors (Lipinski definition) is 2. The quantitative estimate of drug-likeness (QED) is 0.864. The standard InChI is InChI=1S/C14H19FN2O3/c1-2-17-5-6-20-11(9-17)8-16-14(19)12-4-3-10(15)7-13(12)18/h3-4,7,11,18H,2,5-6,8-9H2,1H3,(H,16,19). The average molecular weight is 282 g/mol. The molecule has 1 aromatic rings. The number of amides is 1. The highest BCUT2D eigenvalue weighted by atomic mass is 19.1. The number of carbonyl (C=O) groups is 1. The lowest BCUT2D eigenvalue weighted by Gasteiger charge is -2.32. The van der Waals surface area contributed by atoms with Crippen molar-refractivity contribution in [2.24, 2.45) is 0 Å². The molecule has 1 heterocycles. The minimum atomic E-state index is -0.576. The van der Waals surface area contributed by atoms with Gasteiger partial charge in [0.15, 0.2) is 0 Å². The Bertz CT molecular complexity index is 481. The number of nitrogens with zero attached hydrogens (tertiary/aromatic N) is 1. The normalized spacial score (nSPS) is 19.8. The first-order valence-electron chi connectivity index (χ1n) is 6.70. The van der Waals surface area contributed by atoms with Crippen LogP contribution in [0.15, 0.2) is 18.2 Å². The van der Waals surface area contributed by atoms with Crippen molar-refractivity contribution in [1.82, 2.24) is 10.2 Å². The molecule has 0 aliphatic carbocycles. The van der Waals surface area contributed by atoms with Crippen LogP contribution in [-0.4, -0.2) is 54.8 Å². The highest BCUT2D eigenvalue weighted by Gasteiger charge is 2.20. The predicted molar refractivity (Wildman–Crippen MR) is 72.3 cm³/mol. The SMILES string of the molecule is CCN1CCOC(CNC(=O)c2ccc(F)cc2O)C1. The lowest BCUT2D eigenvalue weighted by atomic mass is 10.1. The molecule has 1 atom stereocenters. The average Bonchev–Trinajstić information content (AvgIpc) is 2.45. The topological polar surface area (TPSA) is 61.8 Å². The molecule has 110 valence electrons. The summed E-state index contributed by atoms with van der Waals surface area (Å²) in [7, 11) is 0. The van der Waals surface area contributed by atoms with Crippen LogP contribution in [0.2, 0.25) is 0 Å². The van der Waals surface area contributed by atoms with Crippen LogP contribution in [0.5, 0.6) is 5.75 Å². The molecule has 0 radical (unpaired) electrons. The van der Waals surface area contributed by atoms with Crippen LogP contribution >= 0.6 is 0 Å². The molecule has 2 N–H and O–H groups in total. The van der Waals surface area contributed by atoms with Gasteiger partial charge in [0.2, 0.25) is 0 Å². The van der Waals surface area contributed by atoms with E-state index in [9.17, 15) is 14.3 Å². The predicted octanol–water partition coefficient (Wildman–Crippen LogP) is 0.982. The number of phenols is 1. The summed E-state index contributed by atoms with van der Waals surface area (Å²) < 4.78 is 18.4. The Morgan fingerprint density at radius 3 is 3.10 bits per heavy atom. The molecular formula is C14H19FN2O3. The molecule has 1 aliphatic rings. The van der Waals surface area contributed by atoms with E-state index in [2.05, 4.69) is 17.1 Å². The summed E-state index contributed by atoms with van der Waals surface area (Å²) in [6.45, 7) is 5.72. The van der Waals surface area contributed by atoms with E-state index in [1.165, 1.54) is 6.07 Å². The summed E-state index contributed by atoms with van der Waals surface area (Å²) in [4.78, 5) is 14.2. The number of rotatable bonds is 4. The van der Waals surface area contributed by atoms with Crippen LogP contribution in [0.3, 0.4) is 0 Å². The lowest BCUT2D eigenvalue weighted by Crippen LogP contribution is -2.47. The number of likely N-dealkylation sites (N-methyl/N-ethyl adjacent to an activating group) is 1. The lowest BCUT2D eigenvalue weighted by molar-refractivity contribution is -0.0246. The maximum absolute atomic E-state index is 12.9. The first kappa shape index (κ1) is 14.7. The Labute approximate surface area is 117 Å². The Balaban J connectivity index is 1.88. The van der Waals surface area contributed by atoms with E-state index in [4.69, 9.17) is 4.74 Å². The summed E-state index contributed by atoms with van der Waals surface area (Å²) in [5.41, 5.74) is 0.0644. The first-order valence-corrected chi connectivity index (χ1v) is 6.70. The zero-order valence-electron chi connectivity index (χ0n) is 11.4. The third-order valence-electron chi connectivity index (χ3n) is 3.36. The highest BCUT2D eigenvalue weighted by molar-refractivity contribution is 5.96. The molecule has 1 aromatic carbocycles. The molecule has 1 fully saturated rings. The van der Waals surface area contributed by atoms with Gasteiger partial charge in [-0.05, 0) is 18.7 Å². The van der Waals surface area contributed by atoms with Gasteiger partial charge in [-0.25, -0.2) is 4.39 Å². The van der Waals surface area contributed by atoms with Crippen molar-refractivity contribution in [3.05, 3.63) is 29.6 Å². The second-order valence-electron chi connectivity index (χ2n) is 4.76. The van der Waals surface area contributed by atoms with E-state index in [0.717, 1.165) is 31.8 Å². The fourth-order valence-corrected chi connectivity index (χ4v) is 2.19. The summed E-state index contributed by atoms with van der Waals surface area (Å²) in [5.74, 6) is -1.37. The molecule has 1 amide bonds. The molecule has 5 nitrogen and oxygen atoms in total. The van der Waals surface area contributed by atoms with Crippen molar-refractivity contribution >= 4 is 5.91 Å². The fourth-order valence-electron chi connectivity index (χ4n) is 2.19. The number of hydrogen-bond acceptors (Lipinski definition) is 4. The van der Waals surface area contributed by atoms with Crippen LogP contribution in [-0.2, 0) is 4.74 Å². The van der Waals surface area contributed by atoms with Crippen LogP contribution in [0.25, 0.3) is 0 Å². The maximum Gasteiger partial charge on any atom is 0.255 e. The summed E-state index contributed by atoms with van der Waals surface area (Å²) >= 11 is 0. The molecule has 2 rings (SSSR count). The van der Waals surface area contributed by atoms with Gasteiger partial charge in [-0.3, -0.25) is 9.69 Å². The van der Waals surface area contributed by atoms with Gasteiger partial charge in [0, 0.05) is 25.7 Å². The number of aromatic hydroxyl groups is 1. The Kier molecular flexibility index (Phi) is 4.92. The van der Waals surface area contributed by atoms with E-state index in [1.807, 2.05) is 0 Å². The number of benzene rings is 1.